The molecule has 0 fully saturated rings. The van der Waals surface area contributed by atoms with Crippen LogP contribution in [0.3, 0.4) is 0 Å². The van der Waals surface area contributed by atoms with Crippen molar-refractivity contribution >= 4 is 5.97 Å². The lowest BCUT2D eigenvalue weighted by molar-refractivity contribution is -0.144. The number of alkyl halides is 3. The van der Waals surface area contributed by atoms with E-state index in [0.29, 0.717) is 0 Å². The minimum absolute atomic E-state index is 0.00713. The minimum atomic E-state index is -4.46. The summed E-state index contributed by atoms with van der Waals surface area (Å²) in [4.78, 5) is 11.1. The number of aromatic nitrogens is 2. The van der Waals surface area contributed by atoms with Crippen LogP contribution in [0, 0.1) is 0 Å². The molecule has 1 atom stereocenters. The van der Waals surface area contributed by atoms with E-state index < -0.39 is 23.9 Å². The summed E-state index contributed by atoms with van der Waals surface area (Å²) in [6, 6.07) is 0.409. The van der Waals surface area contributed by atoms with E-state index in [1.165, 1.54) is 6.20 Å². The third-order valence-electron chi connectivity index (χ3n) is 2.12. The van der Waals surface area contributed by atoms with Crippen LogP contribution >= 0.6 is 0 Å². The monoisotopic (exact) mass is 250 g/mol. The average Bonchev–Trinajstić information content (AvgIpc) is 2.65. The molecule has 0 saturated carbocycles. The van der Waals surface area contributed by atoms with Gasteiger partial charge in [0.2, 0.25) is 0 Å². The van der Waals surface area contributed by atoms with Gasteiger partial charge in [-0.3, -0.25) is 9.48 Å². The van der Waals surface area contributed by atoms with Gasteiger partial charge in [0.15, 0.2) is 5.69 Å². The van der Waals surface area contributed by atoms with Crippen molar-refractivity contribution in [3.63, 3.8) is 0 Å². The van der Waals surface area contributed by atoms with Crippen LogP contribution in [0.15, 0.2) is 12.3 Å². The SMILES string of the molecule is CCOC(=O)CC(C)n1ccc(C(F)(F)F)n1. The Hall–Kier alpha value is -1.53. The fourth-order valence-electron chi connectivity index (χ4n) is 1.29. The van der Waals surface area contributed by atoms with Crippen molar-refractivity contribution in [2.45, 2.75) is 32.5 Å². The second-order valence-electron chi connectivity index (χ2n) is 3.54. The highest BCUT2D eigenvalue weighted by atomic mass is 19.4. The molecular formula is C10H13F3N2O2. The lowest BCUT2D eigenvalue weighted by atomic mass is 10.2. The van der Waals surface area contributed by atoms with E-state index in [0.717, 1.165) is 10.7 Å². The van der Waals surface area contributed by atoms with E-state index in [4.69, 9.17) is 4.74 Å². The zero-order chi connectivity index (χ0) is 13.1. The Morgan fingerprint density at radius 3 is 2.71 bits per heavy atom. The maximum absolute atomic E-state index is 12.3. The normalized spacial score (nSPS) is 13.5. The maximum atomic E-state index is 12.3. The number of rotatable bonds is 4. The summed E-state index contributed by atoms with van der Waals surface area (Å²) < 4.78 is 42.7. The van der Waals surface area contributed by atoms with Crippen LogP contribution in [-0.2, 0) is 15.7 Å². The first kappa shape index (κ1) is 13.5. The molecule has 17 heavy (non-hydrogen) atoms. The highest BCUT2D eigenvalue weighted by molar-refractivity contribution is 5.69. The molecule has 0 aliphatic heterocycles. The predicted octanol–water partition coefficient (Wildman–Crippen LogP) is 2.42. The molecule has 0 aromatic carbocycles. The van der Waals surface area contributed by atoms with E-state index >= 15 is 0 Å². The Labute approximate surface area is 96.4 Å². The molecule has 1 heterocycles. The van der Waals surface area contributed by atoms with Gasteiger partial charge in [-0.05, 0) is 19.9 Å². The average molecular weight is 250 g/mol. The third-order valence-corrected chi connectivity index (χ3v) is 2.12. The van der Waals surface area contributed by atoms with E-state index in [9.17, 15) is 18.0 Å². The van der Waals surface area contributed by atoms with Crippen molar-refractivity contribution in [1.29, 1.82) is 0 Å². The van der Waals surface area contributed by atoms with Crippen LogP contribution in [0.25, 0.3) is 0 Å². The molecule has 0 aliphatic carbocycles. The number of nitrogens with zero attached hydrogens (tertiary/aromatic N) is 2. The Morgan fingerprint density at radius 2 is 2.24 bits per heavy atom. The van der Waals surface area contributed by atoms with Gasteiger partial charge in [0.05, 0.1) is 19.1 Å². The van der Waals surface area contributed by atoms with Crippen molar-refractivity contribution in [1.82, 2.24) is 9.78 Å². The van der Waals surface area contributed by atoms with Gasteiger partial charge in [-0.25, -0.2) is 0 Å². The summed E-state index contributed by atoms with van der Waals surface area (Å²) >= 11 is 0. The molecule has 0 spiro atoms. The molecule has 0 saturated heterocycles. The molecule has 0 bridgehead atoms. The second kappa shape index (κ2) is 5.20. The first-order valence-corrected chi connectivity index (χ1v) is 5.12. The molecule has 4 nitrogen and oxygen atoms in total. The molecule has 96 valence electrons. The van der Waals surface area contributed by atoms with Crippen LogP contribution in [0.5, 0.6) is 0 Å². The molecule has 0 aliphatic rings. The smallest absolute Gasteiger partial charge is 0.435 e. The molecule has 1 aromatic heterocycles. The first-order chi connectivity index (χ1) is 7.84. The van der Waals surface area contributed by atoms with Gasteiger partial charge in [-0.2, -0.15) is 18.3 Å². The number of carbonyl (C=O) groups is 1. The molecule has 0 radical (unpaired) electrons. The molecule has 7 heteroatoms. The second-order valence-corrected chi connectivity index (χ2v) is 3.54. The highest BCUT2D eigenvalue weighted by Gasteiger charge is 2.33. The Balaban J connectivity index is 2.67. The lowest BCUT2D eigenvalue weighted by Gasteiger charge is -2.11. The standard InChI is InChI=1S/C10H13F3N2O2/c1-3-17-9(16)6-7(2)15-5-4-8(14-15)10(11,12)13/h4-5,7H,3,6H2,1-2H3. The summed E-state index contributed by atoms with van der Waals surface area (Å²) in [5.41, 5.74) is -0.965. The molecule has 1 unspecified atom stereocenters. The summed E-state index contributed by atoms with van der Waals surface area (Å²) in [6.07, 6.45) is -3.27. The maximum Gasteiger partial charge on any atom is 0.435 e. The molecule has 0 amide bonds. The lowest BCUT2D eigenvalue weighted by Crippen LogP contribution is -2.15. The summed E-state index contributed by atoms with van der Waals surface area (Å²) in [6.45, 7) is 3.51. The first-order valence-electron chi connectivity index (χ1n) is 5.12. The zero-order valence-electron chi connectivity index (χ0n) is 9.49. The number of halogens is 3. The summed E-state index contributed by atoms with van der Waals surface area (Å²) in [7, 11) is 0. The van der Waals surface area contributed by atoms with Gasteiger partial charge in [-0.1, -0.05) is 0 Å². The number of esters is 1. The van der Waals surface area contributed by atoms with Crippen molar-refractivity contribution in [2.75, 3.05) is 6.61 Å². The van der Waals surface area contributed by atoms with Crippen molar-refractivity contribution in [3.8, 4) is 0 Å². The number of hydrogen-bond donors (Lipinski definition) is 0. The summed E-state index contributed by atoms with van der Waals surface area (Å²) in [5.74, 6) is -0.455. The largest absolute Gasteiger partial charge is 0.466 e. The van der Waals surface area contributed by atoms with Gasteiger partial charge < -0.3 is 4.74 Å². The fraction of sp³-hybridized carbons (Fsp3) is 0.600. The Morgan fingerprint density at radius 1 is 1.59 bits per heavy atom. The van der Waals surface area contributed by atoms with Gasteiger partial charge in [0, 0.05) is 6.20 Å². The van der Waals surface area contributed by atoms with Crippen LogP contribution in [0.4, 0.5) is 13.2 Å². The summed E-state index contributed by atoms with van der Waals surface area (Å²) in [5, 5.41) is 3.38. The van der Waals surface area contributed by atoms with Crippen molar-refractivity contribution in [2.24, 2.45) is 0 Å². The van der Waals surface area contributed by atoms with Gasteiger partial charge in [0.1, 0.15) is 0 Å². The highest BCUT2D eigenvalue weighted by Crippen LogP contribution is 2.28. The van der Waals surface area contributed by atoms with E-state index in [1.54, 1.807) is 13.8 Å². The fourth-order valence-corrected chi connectivity index (χ4v) is 1.29. The zero-order valence-corrected chi connectivity index (χ0v) is 9.49. The molecule has 1 aromatic rings. The number of ether oxygens (including phenoxy) is 1. The van der Waals surface area contributed by atoms with Gasteiger partial charge in [-0.15, -0.1) is 0 Å². The molecule has 0 N–H and O–H groups in total. The third kappa shape index (κ3) is 3.76. The van der Waals surface area contributed by atoms with Crippen molar-refractivity contribution in [3.05, 3.63) is 18.0 Å². The molecular weight excluding hydrogens is 237 g/mol. The van der Waals surface area contributed by atoms with E-state index in [1.807, 2.05) is 0 Å². The van der Waals surface area contributed by atoms with E-state index in [-0.39, 0.29) is 13.0 Å². The predicted molar refractivity (Wildman–Crippen MR) is 53.2 cm³/mol. The minimum Gasteiger partial charge on any atom is -0.466 e. The Kier molecular flexibility index (Phi) is 4.14. The Bertz CT molecular complexity index is 387. The topological polar surface area (TPSA) is 44.1 Å². The number of hydrogen-bond acceptors (Lipinski definition) is 3. The van der Waals surface area contributed by atoms with Crippen LogP contribution in [0.1, 0.15) is 32.0 Å². The van der Waals surface area contributed by atoms with E-state index in [2.05, 4.69) is 5.10 Å². The van der Waals surface area contributed by atoms with Crippen LogP contribution in [0.2, 0.25) is 0 Å². The van der Waals surface area contributed by atoms with Crippen molar-refractivity contribution < 1.29 is 22.7 Å². The quantitative estimate of drug-likeness (QED) is 0.771. The number of carbonyl (C=O) groups excluding carboxylic acids is 1. The van der Waals surface area contributed by atoms with Crippen LogP contribution in [-0.4, -0.2) is 22.4 Å². The van der Waals surface area contributed by atoms with Gasteiger partial charge in [0.25, 0.3) is 0 Å². The molecule has 1 rings (SSSR count). The van der Waals surface area contributed by atoms with Gasteiger partial charge >= 0.3 is 12.1 Å². The van der Waals surface area contributed by atoms with Crippen LogP contribution < -0.4 is 0 Å².